The van der Waals surface area contributed by atoms with Crippen molar-refractivity contribution < 1.29 is 0 Å². The molecule has 6 nitrogen and oxygen atoms in total. The Morgan fingerprint density at radius 2 is 1.85 bits per heavy atom. The molecule has 0 atom stereocenters. The first kappa shape index (κ1) is 14.9. The normalized spacial score (nSPS) is 11.6. The van der Waals surface area contributed by atoms with E-state index in [0.29, 0.717) is 0 Å². The summed E-state index contributed by atoms with van der Waals surface area (Å²) >= 11 is 0. The van der Waals surface area contributed by atoms with Crippen molar-refractivity contribution in [2.24, 2.45) is 7.05 Å². The number of imidazole rings is 1. The highest BCUT2D eigenvalue weighted by molar-refractivity contribution is 6.02. The highest BCUT2D eigenvalue weighted by Crippen LogP contribution is 2.24. The van der Waals surface area contributed by atoms with E-state index in [1.54, 1.807) is 12.4 Å². The van der Waals surface area contributed by atoms with Crippen LogP contribution in [-0.2, 0) is 19.9 Å². The number of aryl methyl sites for hydroxylation is 3. The summed E-state index contributed by atoms with van der Waals surface area (Å²) in [4.78, 5) is 22.5. The minimum atomic E-state index is 0.734. The van der Waals surface area contributed by atoms with Crippen molar-refractivity contribution in [1.29, 1.82) is 0 Å². The van der Waals surface area contributed by atoms with Crippen molar-refractivity contribution in [2.45, 2.75) is 12.8 Å². The molecule has 0 aliphatic rings. The Bertz CT molecular complexity index is 1260. The average Bonchev–Trinajstić information content (AvgIpc) is 3.02. The quantitative estimate of drug-likeness (QED) is 0.504. The van der Waals surface area contributed by atoms with E-state index in [2.05, 4.69) is 43.7 Å². The van der Waals surface area contributed by atoms with Gasteiger partial charge < -0.3 is 4.57 Å². The molecule has 0 spiro atoms. The van der Waals surface area contributed by atoms with Crippen molar-refractivity contribution in [1.82, 2.24) is 29.5 Å². The molecule has 4 heterocycles. The third kappa shape index (κ3) is 2.38. The van der Waals surface area contributed by atoms with Crippen LogP contribution in [0.1, 0.15) is 11.6 Å². The first-order valence-electron chi connectivity index (χ1n) is 8.54. The fraction of sp³-hybridized carbons (Fsp3) is 0.150. The summed E-state index contributed by atoms with van der Waals surface area (Å²) in [5, 5.41) is 2.09. The van der Waals surface area contributed by atoms with Crippen LogP contribution in [-0.4, -0.2) is 29.5 Å². The van der Waals surface area contributed by atoms with Gasteiger partial charge in [-0.25, -0.2) is 15.0 Å². The lowest BCUT2D eigenvalue weighted by atomic mass is 10.2. The lowest BCUT2D eigenvalue weighted by molar-refractivity contribution is 0.762. The second-order valence-corrected chi connectivity index (χ2v) is 6.31. The molecule has 26 heavy (non-hydrogen) atoms. The summed E-state index contributed by atoms with van der Waals surface area (Å²) in [5.74, 6) is 1.83. The van der Waals surface area contributed by atoms with Crippen LogP contribution in [0.5, 0.6) is 0 Å². The van der Waals surface area contributed by atoms with Crippen molar-refractivity contribution in [2.75, 3.05) is 0 Å². The zero-order valence-corrected chi connectivity index (χ0v) is 14.3. The summed E-state index contributed by atoms with van der Waals surface area (Å²) < 4.78 is 2.14. The molecule has 0 radical (unpaired) electrons. The average molecular weight is 340 g/mol. The molecule has 0 bridgehead atoms. The zero-order chi connectivity index (χ0) is 17.5. The Hall–Kier alpha value is -3.41. The SMILES string of the molecule is Cn1c(CCc2ncc3ccncc3n2)nc2c3cccnc3ccc21. The van der Waals surface area contributed by atoms with Crippen LogP contribution in [0.15, 0.2) is 55.1 Å². The first-order valence-corrected chi connectivity index (χ1v) is 8.54. The van der Waals surface area contributed by atoms with Gasteiger partial charge in [0.25, 0.3) is 0 Å². The number of pyridine rings is 2. The standard InChI is InChI=1S/C20H16N6/c1-26-17-5-4-15-14(3-2-9-22-15)20(17)25-19(26)7-6-18-23-11-13-8-10-21-12-16(13)24-18/h2-5,8-12H,6-7H2,1H3. The predicted octanol–water partition coefficient (Wildman–Crippen LogP) is 3.24. The molecule has 5 aromatic rings. The molecular weight excluding hydrogens is 324 g/mol. The third-order valence-electron chi connectivity index (χ3n) is 4.73. The Balaban J connectivity index is 1.50. The van der Waals surface area contributed by atoms with E-state index in [9.17, 15) is 0 Å². The molecular formula is C20H16N6. The molecule has 0 fully saturated rings. The number of hydrogen-bond acceptors (Lipinski definition) is 5. The van der Waals surface area contributed by atoms with Crippen molar-refractivity contribution >= 4 is 32.8 Å². The van der Waals surface area contributed by atoms with Crippen molar-refractivity contribution in [3.63, 3.8) is 0 Å². The maximum Gasteiger partial charge on any atom is 0.129 e. The fourth-order valence-electron chi connectivity index (χ4n) is 3.34. The topological polar surface area (TPSA) is 69.4 Å². The van der Waals surface area contributed by atoms with E-state index in [-0.39, 0.29) is 0 Å². The summed E-state index contributed by atoms with van der Waals surface area (Å²) in [6.45, 7) is 0. The van der Waals surface area contributed by atoms with Gasteiger partial charge >= 0.3 is 0 Å². The maximum absolute atomic E-state index is 4.87. The van der Waals surface area contributed by atoms with Crippen molar-refractivity contribution in [3.05, 3.63) is 66.8 Å². The molecule has 0 amide bonds. The van der Waals surface area contributed by atoms with Gasteiger partial charge in [-0.1, -0.05) is 0 Å². The van der Waals surface area contributed by atoms with Gasteiger partial charge in [0.1, 0.15) is 11.6 Å². The Labute approximate surface area is 149 Å². The molecule has 126 valence electrons. The highest BCUT2D eigenvalue weighted by atomic mass is 15.1. The number of rotatable bonds is 3. The molecule has 0 N–H and O–H groups in total. The molecule has 1 aromatic carbocycles. The second-order valence-electron chi connectivity index (χ2n) is 6.31. The van der Waals surface area contributed by atoms with E-state index >= 15 is 0 Å². The monoisotopic (exact) mass is 340 g/mol. The largest absolute Gasteiger partial charge is 0.331 e. The van der Waals surface area contributed by atoms with Crippen molar-refractivity contribution in [3.8, 4) is 0 Å². The van der Waals surface area contributed by atoms with Gasteiger partial charge in [-0.3, -0.25) is 9.97 Å². The van der Waals surface area contributed by atoms with E-state index < -0.39 is 0 Å². The van der Waals surface area contributed by atoms with Crippen LogP contribution >= 0.6 is 0 Å². The molecule has 4 aromatic heterocycles. The number of fused-ring (bicyclic) bond motifs is 4. The lowest BCUT2D eigenvalue weighted by Gasteiger charge is -2.03. The predicted molar refractivity (Wildman–Crippen MR) is 101 cm³/mol. The number of nitrogens with zero attached hydrogens (tertiary/aromatic N) is 6. The van der Waals surface area contributed by atoms with Gasteiger partial charge in [0.15, 0.2) is 0 Å². The van der Waals surface area contributed by atoms with Crippen LogP contribution in [0.3, 0.4) is 0 Å². The lowest BCUT2D eigenvalue weighted by Crippen LogP contribution is -2.03. The molecule has 5 rings (SSSR count). The Morgan fingerprint density at radius 1 is 0.885 bits per heavy atom. The molecule has 0 unspecified atom stereocenters. The van der Waals surface area contributed by atoms with E-state index in [1.807, 2.05) is 30.6 Å². The molecule has 6 heteroatoms. The van der Waals surface area contributed by atoms with E-state index in [0.717, 1.165) is 57.3 Å². The number of benzene rings is 1. The summed E-state index contributed by atoms with van der Waals surface area (Å²) in [5.41, 5.74) is 3.95. The minimum absolute atomic E-state index is 0.734. The molecule has 0 aliphatic carbocycles. The highest BCUT2D eigenvalue weighted by Gasteiger charge is 2.12. The Morgan fingerprint density at radius 3 is 2.81 bits per heavy atom. The van der Waals surface area contributed by atoms with Crippen LogP contribution in [0.2, 0.25) is 0 Å². The van der Waals surface area contributed by atoms with Crippen LogP contribution in [0.4, 0.5) is 0 Å². The summed E-state index contributed by atoms with van der Waals surface area (Å²) in [6.07, 6.45) is 8.70. The summed E-state index contributed by atoms with van der Waals surface area (Å²) in [7, 11) is 2.05. The van der Waals surface area contributed by atoms with Crippen LogP contribution in [0.25, 0.3) is 32.8 Å². The van der Waals surface area contributed by atoms with E-state index in [1.165, 1.54) is 0 Å². The molecule has 0 aliphatic heterocycles. The fourth-order valence-corrected chi connectivity index (χ4v) is 3.34. The maximum atomic E-state index is 4.87. The summed E-state index contributed by atoms with van der Waals surface area (Å²) in [6, 6.07) is 10.1. The zero-order valence-electron chi connectivity index (χ0n) is 14.3. The van der Waals surface area contributed by atoms with Gasteiger partial charge in [0, 0.05) is 49.3 Å². The van der Waals surface area contributed by atoms with Gasteiger partial charge in [-0.05, 0) is 30.3 Å². The van der Waals surface area contributed by atoms with Gasteiger partial charge in [0.2, 0.25) is 0 Å². The Kier molecular flexibility index (Phi) is 3.35. The molecule has 0 saturated heterocycles. The minimum Gasteiger partial charge on any atom is -0.331 e. The molecule has 0 saturated carbocycles. The second kappa shape index (κ2) is 5.84. The van der Waals surface area contributed by atoms with Gasteiger partial charge in [-0.15, -0.1) is 0 Å². The first-order chi connectivity index (χ1) is 12.8. The smallest absolute Gasteiger partial charge is 0.129 e. The third-order valence-corrected chi connectivity index (χ3v) is 4.73. The number of hydrogen-bond donors (Lipinski definition) is 0. The van der Waals surface area contributed by atoms with Crippen LogP contribution < -0.4 is 0 Å². The van der Waals surface area contributed by atoms with Gasteiger partial charge in [-0.2, -0.15) is 0 Å². The van der Waals surface area contributed by atoms with Gasteiger partial charge in [0.05, 0.1) is 28.3 Å². The number of aromatic nitrogens is 6. The van der Waals surface area contributed by atoms with Crippen LogP contribution in [0, 0.1) is 0 Å². The van der Waals surface area contributed by atoms with E-state index in [4.69, 9.17) is 4.98 Å².